The quantitative estimate of drug-likeness (QED) is 0.655. The molecule has 2 heterocycles. The summed E-state index contributed by atoms with van der Waals surface area (Å²) >= 11 is 5.87. The van der Waals surface area contributed by atoms with E-state index in [2.05, 4.69) is 4.98 Å². The number of β-amino-alcohol motifs (C(OH)–C–C–N with tert-alkyl or cyclic N) is 1. The monoisotopic (exact) mass is 252 g/mol. The van der Waals surface area contributed by atoms with Crippen LogP contribution in [0, 0.1) is 5.92 Å². The minimum atomic E-state index is -0.300. The number of hydrogen-bond acceptors (Lipinski definition) is 4. The van der Waals surface area contributed by atoms with Gasteiger partial charge in [0.05, 0.1) is 17.4 Å². The van der Waals surface area contributed by atoms with Crippen LogP contribution in [0.5, 0.6) is 0 Å². The molecule has 17 heavy (non-hydrogen) atoms. The van der Waals surface area contributed by atoms with Gasteiger partial charge in [-0.2, -0.15) is 0 Å². The average Bonchev–Trinajstić information content (AvgIpc) is 3.07. The lowest BCUT2D eigenvalue weighted by Gasteiger charge is -2.38. The van der Waals surface area contributed by atoms with Crippen LogP contribution in [-0.2, 0) is 0 Å². The average molecular weight is 253 g/mol. The number of nitrogens with zero attached hydrogens (tertiary/aromatic N) is 2. The van der Waals surface area contributed by atoms with E-state index in [-0.39, 0.29) is 17.8 Å². The molecule has 0 aromatic carbocycles. The van der Waals surface area contributed by atoms with Gasteiger partial charge < -0.3 is 10.0 Å². The van der Waals surface area contributed by atoms with Crippen LogP contribution in [0.15, 0.2) is 12.3 Å². The lowest BCUT2D eigenvalue weighted by molar-refractivity contribution is 0.0965. The topological polar surface area (TPSA) is 53.4 Å². The first-order valence-corrected chi connectivity index (χ1v) is 6.15. The first-order chi connectivity index (χ1) is 8.15. The highest BCUT2D eigenvalue weighted by atomic mass is 35.5. The molecule has 4 nitrogen and oxygen atoms in total. The highest BCUT2D eigenvalue weighted by Crippen LogP contribution is 2.36. The number of rotatable bonds is 3. The van der Waals surface area contributed by atoms with E-state index in [1.54, 1.807) is 12.3 Å². The zero-order valence-corrected chi connectivity index (χ0v) is 10.0. The molecule has 1 N–H and O–H groups in total. The summed E-state index contributed by atoms with van der Waals surface area (Å²) in [5, 5.41) is 9.71. The molecule has 0 bridgehead atoms. The van der Waals surface area contributed by atoms with Crippen LogP contribution in [0.4, 0.5) is 5.69 Å². The molecule has 1 aliphatic heterocycles. The zero-order valence-electron chi connectivity index (χ0n) is 9.27. The van der Waals surface area contributed by atoms with Crippen LogP contribution in [-0.4, -0.2) is 35.1 Å². The molecule has 0 atom stereocenters. The van der Waals surface area contributed by atoms with Crippen LogP contribution in [0.25, 0.3) is 0 Å². The van der Waals surface area contributed by atoms with Crippen LogP contribution in [0.3, 0.4) is 0 Å². The van der Waals surface area contributed by atoms with E-state index in [4.69, 9.17) is 11.6 Å². The molecule has 1 aliphatic carbocycles. The Morgan fingerprint density at radius 2 is 2.18 bits per heavy atom. The molecule has 90 valence electrons. The number of aliphatic hydroxyl groups excluding tert-OH is 1. The van der Waals surface area contributed by atoms with Crippen molar-refractivity contribution in [1.29, 1.82) is 0 Å². The van der Waals surface area contributed by atoms with Crippen molar-refractivity contribution in [2.24, 2.45) is 5.92 Å². The van der Waals surface area contributed by atoms with Crippen molar-refractivity contribution in [2.45, 2.75) is 18.9 Å². The lowest BCUT2D eigenvalue weighted by atomic mass is 10.0. The molecule has 2 fully saturated rings. The van der Waals surface area contributed by atoms with E-state index >= 15 is 0 Å². The Kier molecular flexibility index (Phi) is 2.56. The molecule has 2 aliphatic rings. The molecule has 0 unspecified atom stereocenters. The second-order valence-corrected chi connectivity index (χ2v) is 5.11. The van der Waals surface area contributed by atoms with Gasteiger partial charge in [0.25, 0.3) is 0 Å². The summed E-state index contributed by atoms with van der Waals surface area (Å²) in [4.78, 5) is 18.0. The van der Waals surface area contributed by atoms with E-state index in [1.807, 2.05) is 4.90 Å². The zero-order chi connectivity index (χ0) is 12.0. The molecule has 1 saturated carbocycles. The second kappa shape index (κ2) is 3.96. The number of anilines is 1. The van der Waals surface area contributed by atoms with Crippen LogP contribution in [0.2, 0.25) is 5.15 Å². The Morgan fingerprint density at radius 1 is 1.47 bits per heavy atom. The van der Waals surface area contributed by atoms with Gasteiger partial charge in [-0.15, -0.1) is 0 Å². The molecule has 5 heteroatoms. The predicted molar refractivity (Wildman–Crippen MR) is 64.5 cm³/mol. The normalized spacial score (nSPS) is 20.2. The molecule has 1 aromatic rings. The fourth-order valence-corrected chi connectivity index (χ4v) is 2.24. The molecule has 0 spiro atoms. The maximum Gasteiger partial charge on any atom is 0.169 e. The summed E-state index contributed by atoms with van der Waals surface area (Å²) in [6.07, 6.45) is 3.21. The fourth-order valence-electron chi connectivity index (χ4n) is 2.09. The number of hydrogen-bond donors (Lipinski definition) is 1. The number of halogens is 1. The Balaban J connectivity index is 1.93. The second-order valence-electron chi connectivity index (χ2n) is 4.72. The molecular weight excluding hydrogens is 240 g/mol. The van der Waals surface area contributed by atoms with Gasteiger partial charge >= 0.3 is 0 Å². The number of carbonyl (C=O) groups excluding carboxylic acids is 1. The Hall–Kier alpha value is -1.13. The minimum absolute atomic E-state index is 0.158. The number of Topliss-reactive ketones (excluding diaryl/α,β-unsaturated/α-hetero) is 1. The van der Waals surface area contributed by atoms with Crippen molar-refractivity contribution >= 4 is 23.1 Å². The highest BCUT2D eigenvalue weighted by molar-refractivity contribution is 6.29. The predicted octanol–water partition coefficient (Wildman–Crippen LogP) is 1.51. The first-order valence-electron chi connectivity index (χ1n) is 5.78. The summed E-state index contributed by atoms with van der Waals surface area (Å²) in [6.45, 7) is 1.12. The van der Waals surface area contributed by atoms with E-state index in [1.165, 1.54) is 0 Å². The summed E-state index contributed by atoms with van der Waals surface area (Å²) in [5.74, 6) is 0.327. The molecular formula is C12H13ClN2O2. The third-order valence-corrected chi connectivity index (χ3v) is 3.47. The van der Waals surface area contributed by atoms with Gasteiger partial charge in [0.1, 0.15) is 5.15 Å². The van der Waals surface area contributed by atoms with Gasteiger partial charge in [-0.05, 0) is 18.9 Å². The Labute approximate surface area is 104 Å². The minimum Gasteiger partial charge on any atom is -0.389 e. The highest BCUT2D eigenvalue weighted by Gasteiger charge is 2.34. The van der Waals surface area contributed by atoms with Gasteiger partial charge in [0.2, 0.25) is 0 Å². The smallest absolute Gasteiger partial charge is 0.169 e. The third-order valence-electron chi connectivity index (χ3n) is 3.27. The summed E-state index contributed by atoms with van der Waals surface area (Å²) in [7, 11) is 0. The van der Waals surface area contributed by atoms with Crippen molar-refractivity contribution in [2.75, 3.05) is 18.0 Å². The van der Waals surface area contributed by atoms with Gasteiger partial charge in [-0.3, -0.25) is 4.79 Å². The van der Waals surface area contributed by atoms with Crippen molar-refractivity contribution in [1.82, 2.24) is 4.98 Å². The van der Waals surface area contributed by atoms with Crippen LogP contribution < -0.4 is 4.90 Å². The van der Waals surface area contributed by atoms with E-state index < -0.39 is 0 Å². The van der Waals surface area contributed by atoms with Gasteiger partial charge in [0.15, 0.2) is 5.78 Å². The maximum atomic E-state index is 12.1. The number of aliphatic hydroxyl groups is 1. The van der Waals surface area contributed by atoms with Crippen LogP contribution >= 0.6 is 11.6 Å². The molecule has 1 aromatic heterocycles. The molecule has 1 saturated heterocycles. The van der Waals surface area contributed by atoms with Gasteiger partial charge in [-0.1, -0.05) is 11.6 Å². The third kappa shape index (κ3) is 2.03. The van der Waals surface area contributed by atoms with Crippen molar-refractivity contribution in [3.8, 4) is 0 Å². The van der Waals surface area contributed by atoms with Crippen molar-refractivity contribution in [3.63, 3.8) is 0 Å². The Bertz CT molecular complexity index is 468. The van der Waals surface area contributed by atoms with Crippen LogP contribution in [0.1, 0.15) is 23.2 Å². The SMILES string of the molecule is O=C(c1cnc(Cl)cc1N1CC(O)C1)C1CC1. The summed E-state index contributed by atoms with van der Waals surface area (Å²) < 4.78 is 0. The maximum absolute atomic E-state index is 12.1. The Morgan fingerprint density at radius 3 is 2.76 bits per heavy atom. The summed E-state index contributed by atoms with van der Waals surface area (Å²) in [6, 6.07) is 1.71. The van der Waals surface area contributed by atoms with E-state index in [0.29, 0.717) is 23.8 Å². The summed E-state index contributed by atoms with van der Waals surface area (Å²) in [5.41, 5.74) is 1.45. The first kappa shape index (κ1) is 11.0. The number of pyridine rings is 1. The lowest BCUT2D eigenvalue weighted by Crippen LogP contribution is -2.51. The van der Waals surface area contributed by atoms with Crippen molar-refractivity contribution < 1.29 is 9.90 Å². The number of carbonyl (C=O) groups is 1. The number of aromatic nitrogens is 1. The van der Waals surface area contributed by atoms with Crippen molar-refractivity contribution in [3.05, 3.63) is 23.0 Å². The van der Waals surface area contributed by atoms with Gasteiger partial charge in [0, 0.05) is 25.2 Å². The van der Waals surface area contributed by atoms with E-state index in [9.17, 15) is 9.90 Å². The standard InChI is InChI=1S/C12H13ClN2O2/c13-11-3-10(15-5-8(16)6-15)9(4-14-11)12(17)7-1-2-7/h3-4,7-8,16H,1-2,5-6H2. The fraction of sp³-hybridized carbons (Fsp3) is 0.500. The number of ketones is 1. The van der Waals surface area contributed by atoms with E-state index in [0.717, 1.165) is 18.5 Å². The van der Waals surface area contributed by atoms with Gasteiger partial charge in [-0.25, -0.2) is 4.98 Å². The molecule has 3 rings (SSSR count). The molecule has 0 amide bonds. The largest absolute Gasteiger partial charge is 0.389 e. The molecule has 0 radical (unpaired) electrons.